The summed E-state index contributed by atoms with van der Waals surface area (Å²) in [5.74, 6) is -0.417. The number of esters is 1. The van der Waals surface area contributed by atoms with Crippen molar-refractivity contribution in [2.75, 3.05) is 0 Å². The summed E-state index contributed by atoms with van der Waals surface area (Å²) >= 11 is 0. The minimum atomic E-state index is -0.446. The van der Waals surface area contributed by atoms with Gasteiger partial charge in [-0.05, 0) is 61.9 Å². The van der Waals surface area contributed by atoms with Gasteiger partial charge in [0.2, 0.25) is 0 Å². The molecule has 1 N–H and O–H groups in total. The van der Waals surface area contributed by atoms with Gasteiger partial charge in [0.1, 0.15) is 5.75 Å². The third-order valence-electron chi connectivity index (χ3n) is 5.20. The van der Waals surface area contributed by atoms with Gasteiger partial charge < -0.3 is 9.30 Å². The van der Waals surface area contributed by atoms with E-state index in [9.17, 15) is 9.59 Å². The number of benzene rings is 3. The monoisotopic (exact) mass is 437 g/mol. The van der Waals surface area contributed by atoms with Gasteiger partial charge in [0.05, 0.1) is 22.5 Å². The molecule has 4 rings (SSSR count). The SMILES string of the molecule is CC(=NNC(=O)c1ccccc1-n1cccc1)c1ccccc1OC(=O)c1ccccc1C. The van der Waals surface area contributed by atoms with Crippen molar-refractivity contribution in [3.63, 3.8) is 0 Å². The molecule has 0 unspecified atom stereocenters. The van der Waals surface area contributed by atoms with Gasteiger partial charge in [-0.25, -0.2) is 10.2 Å². The minimum Gasteiger partial charge on any atom is -0.422 e. The van der Waals surface area contributed by atoms with Crippen LogP contribution in [0.5, 0.6) is 5.75 Å². The molecule has 0 bridgehead atoms. The molecule has 0 atom stereocenters. The molecule has 0 aliphatic rings. The quantitative estimate of drug-likeness (QED) is 0.196. The number of hydrazone groups is 1. The summed E-state index contributed by atoms with van der Waals surface area (Å²) in [5, 5.41) is 4.27. The van der Waals surface area contributed by atoms with Crippen LogP contribution in [-0.4, -0.2) is 22.2 Å². The molecule has 1 aromatic heterocycles. The second-order valence-electron chi connectivity index (χ2n) is 7.45. The molecule has 0 saturated heterocycles. The van der Waals surface area contributed by atoms with Gasteiger partial charge in [-0.15, -0.1) is 0 Å². The third kappa shape index (κ3) is 4.91. The zero-order valence-corrected chi connectivity index (χ0v) is 18.4. The van der Waals surface area contributed by atoms with Crippen molar-refractivity contribution in [2.45, 2.75) is 13.8 Å². The number of hydrogen-bond acceptors (Lipinski definition) is 4. The molecule has 3 aromatic carbocycles. The largest absolute Gasteiger partial charge is 0.422 e. The van der Waals surface area contributed by atoms with E-state index in [0.29, 0.717) is 28.2 Å². The summed E-state index contributed by atoms with van der Waals surface area (Å²) in [7, 11) is 0. The highest BCUT2D eigenvalue weighted by Crippen LogP contribution is 2.21. The number of carbonyl (C=O) groups is 2. The van der Waals surface area contributed by atoms with Crippen molar-refractivity contribution >= 4 is 17.6 Å². The number of rotatable bonds is 6. The van der Waals surface area contributed by atoms with Crippen molar-refractivity contribution in [1.29, 1.82) is 0 Å². The van der Waals surface area contributed by atoms with Crippen LogP contribution >= 0.6 is 0 Å². The van der Waals surface area contributed by atoms with E-state index in [1.54, 1.807) is 49.4 Å². The Morgan fingerprint density at radius 2 is 1.39 bits per heavy atom. The molecule has 6 heteroatoms. The Morgan fingerprint density at radius 1 is 0.788 bits per heavy atom. The predicted molar refractivity (Wildman–Crippen MR) is 128 cm³/mol. The molecule has 0 spiro atoms. The van der Waals surface area contributed by atoms with Crippen LogP contribution in [0.2, 0.25) is 0 Å². The molecule has 6 nitrogen and oxygen atoms in total. The average Bonchev–Trinajstić information content (AvgIpc) is 3.38. The van der Waals surface area contributed by atoms with Gasteiger partial charge in [-0.3, -0.25) is 4.79 Å². The van der Waals surface area contributed by atoms with E-state index in [1.807, 2.05) is 66.3 Å². The maximum absolute atomic E-state index is 12.9. The molecule has 0 saturated carbocycles. The molecule has 0 radical (unpaired) electrons. The van der Waals surface area contributed by atoms with Gasteiger partial charge in [-0.1, -0.05) is 42.5 Å². The van der Waals surface area contributed by atoms with Crippen molar-refractivity contribution in [2.24, 2.45) is 5.10 Å². The maximum atomic E-state index is 12.9. The first-order valence-electron chi connectivity index (χ1n) is 10.5. The first-order valence-corrected chi connectivity index (χ1v) is 10.5. The first kappa shape index (κ1) is 21.8. The fourth-order valence-electron chi connectivity index (χ4n) is 3.45. The lowest BCUT2D eigenvalue weighted by atomic mass is 10.1. The molecular formula is C27H23N3O3. The fraction of sp³-hybridized carbons (Fsp3) is 0.0741. The molecule has 0 aliphatic carbocycles. The average molecular weight is 437 g/mol. The summed E-state index contributed by atoms with van der Waals surface area (Å²) in [6, 6.07) is 25.4. The van der Waals surface area contributed by atoms with E-state index in [4.69, 9.17) is 4.74 Å². The summed E-state index contributed by atoms with van der Waals surface area (Å²) in [4.78, 5) is 25.5. The van der Waals surface area contributed by atoms with E-state index in [-0.39, 0.29) is 5.91 Å². The number of nitrogens with one attached hydrogen (secondary N) is 1. The molecule has 164 valence electrons. The molecule has 33 heavy (non-hydrogen) atoms. The van der Waals surface area contributed by atoms with E-state index in [2.05, 4.69) is 10.5 Å². The van der Waals surface area contributed by atoms with Crippen molar-refractivity contribution in [1.82, 2.24) is 9.99 Å². The lowest BCUT2D eigenvalue weighted by Crippen LogP contribution is -2.21. The smallest absolute Gasteiger partial charge is 0.343 e. The Labute approximate surface area is 192 Å². The Morgan fingerprint density at radius 3 is 2.12 bits per heavy atom. The summed E-state index contributed by atoms with van der Waals surface area (Å²) < 4.78 is 7.52. The predicted octanol–water partition coefficient (Wildman–Crippen LogP) is 5.16. The molecular weight excluding hydrogens is 414 g/mol. The van der Waals surface area contributed by atoms with Crippen LogP contribution in [-0.2, 0) is 0 Å². The highest BCUT2D eigenvalue weighted by atomic mass is 16.5. The zero-order valence-electron chi connectivity index (χ0n) is 18.4. The highest BCUT2D eigenvalue weighted by molar-refractivity contribution is 6.04. The number of hydrogen-bond donors (Lipinski definition) is 1. The highest BCUT2D eigenvalue weighted by Gasteiger charge is 2.16. The van der Waals surface area contributed by atoms with Crippen molar-refractivity contribution in [3.05, 3.63) is 120 Å². The number of carbonyl (C=O) groups excluding carboxylic acids is 2. The Balaban J connectivity index is 1.54. The van der Waals surface area contributed by atoms with Crippen LogP contribution in [0.1, 0.15) is 38.8 Å². The van der Waals surface area contributed by atoms with E-state index >= 15 is 0 Å². The van der Waals surface area contributed by atoms with Gasteiger partial charge in [0.25, 0.3) is 5.91 Å². The van der Waals surface area contributed by atoms with Crippen LogP contribution in [0.15, 0.2) is 102 Å². The number of aryl methyl sites for hydroxylation is 1. The van der Waals surface area contributed by atoms with Crippen LogP contribution in [0, 0.1) is 6.92 Å². The maximum Gasteiger partial charge on any atom is 0.343 e. The number of ether oxygens (including phenoxy) is 1. The van der Waals surface area contributed by atoms with Crippen LogP contribution in [0.25, 0.3) is 5.69 Å². The Hall–Kier alpha value is -4.45. The first-order chi connectivity index (χ1) is 16.0. The number of nitrogens with zero attached hydrogens (tertiary/aromatic N) is 2. The molecule has 4 aromatic rings. The van der Waals surface area contributed by atoms with E-state index in [0.717, 1.165) is 11.3 Å². The molecule has 1 heterocycles. The lowest BCUT2D eigenvalue weighted by molar-refractivity contribution is 0.0733. The van der Waals surface area contributed by atoms with Crippen molar-refractivity contribution in [3.8, 4) is 11.4 Å². The van der Waals surface area contributed by atoms with Gasteiger partial charge in [0, 0.05) is 18.0 Å². The fourth-order valence-corrected chi connectivity index (χ4v) is 3.45. The number of amides is 1. The standard InChI is InChI=1S/C27H23N3O3/c1-19-11-3-4-12-21(19)27(32)33-25-16-8-6-13-22(25)20(2)28-29-26(31)23-14-5-7-15-24(23)30-17-9-10-18-30/h3-18H,1-2H3,(H,29,31). The second-order valence-corrected chi connectivity index (χ2v) is 7.45. The molecule has 1 amide bonds. The minimum absolute atomic E-state index is 0.340. The molecule has 0 aliphatic heterocycles. The summed E-state index contributed by atoms with van der Waals surface area (Å²) in [6.45, 7) is 3.61. The summed E-state index contributed by atoms with van der Waals surface area (Å²) in [5.41, 5.74) is 6.31. The second kappa shape index (κ2) is 9.78. The lowest BCUT2D eigenvalue weighted by Gasteiger charge is -2.12. The third-order valence-corrected chi connectivity index (χ3v) is 5.20. The van der Waals surface area contributed by atoms with Gasteiger partial charge in [-0.2, -0.15) is 5.10 Å². The van der Waals surface area contributed by atoms with Gasteiger partial charge in [0.15, 0.2) is 0 Å². The topological polar surface area (TPSA) is 72.7 Å². The zero-order chi connectivity index (χ0) is 23.2. The Kier molecular flexibility index (Phi) is 6.45. The molecule has 0 fully saturated rings. The van der Waals surface area contributed by atoms with E-state index < -0.39 is 5.97 Å². The van der Waals surface area contributed by atoms with Crippen LogP contribution < -0.4 is 10.2 Å². The Bertz CT molecular complexity index is 1320. The van der Waals surface area contributed by atoms with Crippen LogP contribution in [0.3, 0.4) is 0 Å². The summed E-state index contributed by atoms with van der Waals surface area (Å²) in [6.07, 6.45) is 3.75. The number of para-hydroxylation sites is 2. The normalized spacial score (nSPS) is 11.2. The van der Waals surface area contributed by atoms with E-state index in [1.165, 1.54) is 0 Å². The van der Waals surface area contributed by atoms with Crippen molar-refractivity contribution < 1.29 is 14.3 Å². The van der Waals surface area contributed by atoms with Crippen LogP contribution in [0.4, 0.5) is 0 Å². The van der Waals surface area contributed by atoms with Gasteiger partial charge >= 0.3 is 5.97 Å². The number of aromatic nitrogens is 1.